The predicted molar refractivity (Wildman–Crippen MR) is 43.3 cm³/mol. The van der Waals surface area contributed by atoms with Gasteiger partial charge in [0.2, 0.25) is 5.76 Å². The third-order valence-electron chi connectivity index (χ3n) is 0.810. The monoisotopic (exact) mass is 234 g/mol. The van der Waals surface area contributed by atoms with Gasteiger partial charge in [-0.15, -0.1) is 0 Å². The molecule has 1 N–H and O–H groups in total. The summed E-state index contributed by atoms with van der Waals surface area (Å²) in [5.41, 5.74) is 0. The standard InChI is InChI=1S/C6H10O5S.K.H/c1-3-11-6(8)5(7)4-12(2,9)10;;/h4,7H,3H2,1-2H3;;/q;+1;-1. The molecule has 0 saturated carbocycles. The maximum Gasteiger partial charge on any atom is 1.00 e. The molecule has 5 nitrogen and oxygen atoms in total. The molecule has 0 aliphatic heterocycles. The van der Waals surface area contributed by atoms with Crippen molar-refractivity contribution in [1.29, 1.82) is 0 Å². The second-order valence-corrected chi connectivity index (χ2v) is 3.95. The first-order valence-corrected chi connectivity index (χ1v) is 5.10. The number of carbonyl (C=O) groups is 1. The zero-order valence-corrected chi connectivity index (χ0v) is 11.7. The van der Waals surface area contributed by atoms with Gasteiger partial charge < -0.3 is 11.3 Å². The van der Waals surface area contributed by atoms with E-state index in [2.05, 4.69) is 4.74 Å². The molecule has 0 unspecified atom stereocenters. The summed E-state index contributed by atoms with van der Waals surface area (Å²) in [6, 6.07) is 0. The van der Waals surface area contributed by atoms with Crippen LogP contribution in [-0.2, 0) is 19.4 Å². The van der Waals surface area contributed by atoms with Crippen molar-refractivity contribution >= 4 is 15.8 Å². The van der Waals surface area contributed by atoms with Crippen molar-refractivity contribution in [3.8, 4) is 0 Å². The molecule has 0 atom stereocenters. The van der Waals surface area contributed by atoms with Gasteiger partial charge in [-0.3, -0.25) is 0 Å². The van der Waals surface area contributed by atoms with Crippen LogP contribution in [0.25, 0.3) is 0 Å². The van der Waals surface area contributed by atoms with E-state index in [9.17, 15) is 13.2 Å². The van der Waals surface area contributed by atoms with Crippen LogP contribution in [0.2, 0.25) is 0 Å². The van der Waals surface area contributed by atoms with E-state index in [1.807, 2.05) is 0 Å². The Morgan fingerprint density at radius 2 is 2.08 bits per heavy atom. The Hall–Kier alpha value is 0.596. The van der Waals surface area contributed by atoms with E-state index in [1.165, 1.54) is 0 Å². The number of hydrogen-bond acceptors (Lipinski definition) is 5. The molecule has 72 valence electrons. The molecule has 0 radical (unpaired) electrons. The molecule has 0 aliphatic rings. The van der Waals surface area contributed by atoms with Gasteiger partial charge >= 0.3 is 57.4 Å². The maximum atomic E-state index is 10.6. The number of aliphatic hydroxyl groups is 1. The summed E-state index contributed by atoms with van der Waals surface area (Å²) >= 11 is 0. The van der Waals surface area contributed by atoms with Gasteiger partial charge in [0.1, 0.15) is 0 Å². The molecule has 0 fully saturated rings. The van der Waals surface area contributed by atoms with Crippen molar-refractivity contribution in [3.05, 3.63) is 11.2 Å². The van der Waals surface area contributed by atoms with E-state index in [1.54, 1.807) is 6.92 Å². The Kier molecular flexibility index (Phi) is 8.59. The molecular weight excluding hydrogens is 223 g/mol. The minimum Gasteiger partial charge on any atom is -1.00 e. The number of hydrogen-bond donors (Lipinski definition) is 1. The molecule has 0 saturated heterocycles. The molecule has 13 heavy (non-hydrogen) atoms. The van der Waals surface area contributed by atoms with Crippen LogP contribution in [0, 0.1) is 0 Å². The van der Waals surface area contributed by atoms with Gasteiger partial charge in [0, 0.05) is 6.26 Å². The van der Waals surface area contributed by atoms with Crippen LogP contribution in [0.1, 0.15) is 8.35 Å². The predicted octanol–water partition coefficient (Wildman–Crippen LogP) is -2.89. The number of ether oxygens (including phenoxy) is 1. The first kappa shape index (κ1) is 16.0. The summed E-state index contributed by atoms with van der Waals surface area (Å²) in [4.78, 5) is 10.6. The topological polar surface area (TPSA) is 80.7 Å². The van der Waals surface area contributed by atoms with E-state index in [-0.39, 0.29) is 59.4 Å². The van der Waals surface area contributed by atoms with E-state index >= 15 is 0 Å². The molecule has 0 bridgehead atoms. The smallest absolute Gasteiger partial charge is 1.00 e. The molecule has 0 amide bonds. The zero-order chi connectivity index (χ0) is 9.78. The quantitative estimate of drug-likeness (QED) is 0.245. The summed E-state index contributed by atoms with van der Waals surface area (Å²) in [5, 5.41) is 9.24. The van der Waals surface area contributed by atoms with Crippen LogP contribution in [0.15, 0.2) is 11.2 Å². The molecule has 0 aliphatic carbocycles. The average Bonchev–Trinajstić information content (AvgIpc) is 1.84. The van der Waals surface area contributed by atoms with Crippen LogP contribution < -0.4 is 51.4 Å². The summed E-state index contributed by atoms with van der Waals surface area (Å²) in [5.74, 6) is -1.94. The molecule has 0 aromatic rings. The van der Waals surface area contributed by atoms with Crippen LogP contribution >= 0.6 is 0 Å². The van der Waals surface area contributed by atoms with Crippen molar-refractivity contribution in [2.75, 3.05) is 12.9 Å². The molecule has 0 aromatic heterocycles. The molecule has 0 spiro atoms. The van der Waals surface area contributed by atoms with Crippen LogP contribution in [0.5, 0.6) is 0 Å². The largest absolute Gasteiger partial charge is 1.00 e. The first-order valence-electron chi connectivity index (χ1n) is 3.14. The summed E-state index contributed by atoms with van der Waals surface area (Å²) in [6.45, 7) is 1.63. The van der Waals surface area contributed by atoms with Crippen molar-refractivity contribution in [2.24, 2.45) is 0 Å². The average molecular weight is 234 g/mol. The Balaban J connectivity index is -0.000000605. The Labute approximate surface area is 121 Å². The number of aliphatic hydroxyl groups excluding tert-OH is 1. The van der Waals surface area contributed by atoms with Gasteiger partial charge in [-0.1, -0.05) is 0 Å². The van der Waals surface area contributed by atoms with Gasteiger partial charge in [0.25, 0.3) is 0 Å². The van der Waals surface area contributed by atoms with E-state index < -0.39 is 21.6 Å². The molecule has 0 rings (SSSR count). The van der Waals surface area contributed by atoms with Crippen molar-refractivity contribution < 1.29 is 75.9 Å². The van der Waals surface area contributed by atoms with E-state index in [4.69, 9.17) is 5.11 Å². The summed E-state index contributed by atoms with van der Waals surface area (Å²) < 4.78 is 25.3. The summed E-state index contributed by atoms with van der Waals surface area (Å²) in [6.07, 6.45) is 0.864. The second kappa shape index (κ2) is 6.96. The third kappa shape index (κ3) is 8.91. The SMILES string of the molecule is CCOC(=O)C(O)=CS(C)(=O)=O.[H-].[K+]. The van der Waals surface area contributed by atoms with Gasteiger partial charge in [-0.05, 0) is 6.92 Å². The zero-order valence-electron chi connectivity index (χ0n) is 8.77. The van der Waals surface area contributed by atoms with Crippen molar-refractivity contribution in [1.82, 2.24) is 0 Å². The van der Waals surface area contributed by atoms with Crippen LogP contribution in [0.3, 0.4) is 0 Å². The fraction of sp³-hybridized carbons (Fsp3) is 0.500. The Morgan fingerprint density at radius 1 is 1.62 bits per heavy atom. The number of esters is 1. The number of rotatable bonds is 3. The fourth-order valence-electron chi connectivity index (χ4n) is 0.456. The Bertz CT molecular complexity index is 297. The van der Waals surface area contributed by atoms with Gasteiger partial charge in [0.05, 0.1) is 12.0 Å². The van der Waals surface area contributed by atoms with E-state index in [0.29, 0.717) is 5.41 Å². The minimum atomic E-state index is -3.50. The normalized spacial score (nSPS) is 11.7. The summed E-state index contributed by atoms with van der Waals surface area (Å²) in [7, 11) is -3.50. The number of sulfone groups is 1. The van der Waals surface area contributed by atoms with Gasteiger partial charge in [0.15, 0.2) is 9.84 Å². The first-order chi connectivity index (χ1) is 5.37. The fourth-order valence-corrected chi connectivity index (χ4v) is 0.958. The molecule has 0 aromatic carbocycles. The van der Waals surface area contributed by atoms with E-state index in [0.717, 1.165) is 6.26 Å². The van der Waals surface area contributed by atoms with Crippen LogP contribution in [0.4, 0.5) is 0 Å². The van der Waals surface area contributed by atoms with Crippen molar-refractivity contribution in [2.45, 2.75) is 6.92 Å². The number of carbonyl (C=O) groups excluding carboxylic acids is 1. The van der Waals surface area contributed by atoms with Gasteiger partial charge in [-0.25, -0.2) is 13.2 Å². The second-order valence-electron chi connectivity index (χ2n) is 2.05. The molecular formula is C6H11KO5S. The van der Waals surface area contributed by atoms with Gasteiger partial charge in [-0.2, -0.15) is 0 Å². The molecule has 7 heteroatoms. The Morgan fingerprint density at radius 3 is 2.38 bits per heavy atom. The maximum absolute atomic E-state index is 10.6. The third-order valence-corrected chi connectivity index (χ3v) is 1.46. The van der Waals surface area contributed by atoms with Crippen molar-refractivity contribution in [3.63, 3.8) is 0 Å². The minimum absolute atomic E-state index is 0. The molecule has 0 heterocycles. The van der Waals surface area contributed by atoms with Crippen LogP contribution in [-0.4, -0.2) is 32.4 Å².